The molecule has 0 spiro atoms. The molecule has 0 aliphatic heterocycles. The summed E-state index contributed by atoms with van der Waals surface area (Å²) < 4.78 is 10.2. The Morgan fingerprint density at radius 2 is 2.00 bits per heavy atom. The molecule has 0 bridgehead atoms. The SMILES string of the molecule is COc1ccc(OC)c(C(O)C(C)C(N)=O)c1. The van der Waals surface area contributed by atoms with Gasteiger partial charge in [-0.2, -0.15) is 0 Å². The van der Waals surface area contributed by atoms with Crippen molar-refractivity contribution in [3.8, 4) is 11.5 Å². The number of hydrogen-bond donors (Lipinski definition) is 2. The highest BCUT2D eigenvalue weighted by atomic mass is 16.5. The summed E-state index contributed by atoms with van der Waals surface area (Å²) in [7, 11) is 3.02. The number of rotatable bonds is 5. The molecule has 0 fully saturated rings. The van der Waals surface area contributed by atoms with E-state index in [9.17, 15) is 9.90 Å². The predicted molar refractivity (Wildman–Crippen MR) is 62.9 cm³/mol. The maximum absolute atomic E-state index is 11.1. The number of carbonyl (C=O) groups is 1. The van der Waals surface area contributed by atoms with Crippen LogP contribution in [0.5, 0.6) is 11.5 Å². The number of carbonyl (C=O) groups excluding carboxylic acids is 1. The Hall–Kier alpha value is -1.75. The third-order valence-corrected chi connectivity index (χ3v) is 2.68. The van der Waals surface area contributed by atoms with Crippen LogP contribution in [0.4, 0.5) is 0 Å². The molecule has 94 valence electrons. The number of ether oxygens (including phenoxy) is 2. The van der Waals surface area contributed by atoms with E-state index < -0.39 is 17.9 Å². The number of nitrogens with two attached hydrogens (primary N) is 1. The van der Waals surface area contributed by atoms with Gasteiger partial charge in [0, 0.05) is 5.56 Å². The second kappa shape index (κ2) is 5.54. The molecule has 0 aromatic heterocycles. The van der Waals surface area contributed by atoms with Crippen LogP contribution in [0, 0.1) is 5.92 Å². The minimum atomic E-state index is -1.02. The van der Waals surface area contributed by atoms with Crippen molar-refractivity contribution < 1.29 is 19.4 Å². The Morgan fingerprint density at radius 1 is 1.35 bits per heavy atom. The quantitative estimate of drug-likeness (QED) is 0.798. The third-order valence-electron chi connectivity index (χ3n) is 2.68. The van der Waals surface area contributed by atoms with Gasteiger partial charge in [-0.05, 0) is 18.2 Å². The van der Waals surface area contributed by atoms with Gasteiger partial charge in [0.25, 0.3) is 0 Å². The molecule has 1 aromatic carbocycles. The van der Waals surface area contributed by atoms with Gasteiger partial charge < -0.3 is 20.3 Å². The van der Waals surface area contributed by atoms with Gasteiger partial charge >= 0.3 is 0 Å². The number of amides is 1. The normalized spacial score (nSPS) is 13.9. The minimum Gasteiger partial charge on any atom is -0.497 e. The fourth-order valence-corrected chi connectivity index (χ4v) is 1.50. The topological polar surface area (TPSA) is 81.8 Å². The number of aliphatic hydroxyl groups is 1. The van der Waals surface area contributed by atoms with Crippen LogP contribution in [0.2, 0.25) is 0 Å². The van der Waals surface area contributed by atoms with E-state index in [0.717, 1.165) is 0 Å². The molecule has 0 aliphatic carbocycles. The van der Waals surface area contributed by atoms with Gasteiger partial charge in [-0.25, -0.2) is 0 Å². The fourth-order valence-electron chi connectivity index (χ4n) is 1.50. The maximum atomic E-state index is 11.1. The van der Waals surface area contributed by atoms with Crippen LogP contribution in [0.1, 0.15) is 18.6 Å². The van der Waals surface area contributed by atoms with Crippen LogP contribution in [0.3, 0.4) is 0 Å². The van der Waals surface area contributed by atoms with Gasteiger partial charge in [0.15, 0.2) is 0 Å². The van der Waals surface area contributed by atoms with E-state index in [2.05, 4.69) is 0 Å². The van der Waals surface area contributed by atoms with Crippen molar-refractivity contribution in [1.82, 2.24) is 0 Å². The Labute approximate surface area is 100 Å². The molecule has 17 heavy (non-hydrogen) atoms. The zero-order chi connectivity index (χ0) is 13.0. The molecule has 1 amide bonds. The Morgan fingerprint density at radius 3 is 2.47 bits per heavy atom. The molecule has 2 atom stereocenters. The van der Waals surface area contributed by atoms with E-state index in [1.165, 1.54) is 14.2 Å². The first-order valence-electron chi connectivity index (χ1n) is 5.20. The third kappa shape index (κ3) is 2.88. The van der Waals surface area contributed by atoms with Crippen molar-refractivity contribution in [2.24, 2.45) is 11.7 Å². The highest BCUT2D eigenvalue weighted by molar-refractivity contribution is 5.77. The number of aliphatic hydroxyl groups excluding tert-OH is 1. The molecule has 0 saturated carbocycles. The molecule has 2 unspecified atom stereocenters. The summed E-state index contributed by atoms with van der Waals surface area (Å²) in [6, 6.07) is 5.01. The summed E-state index contributed by atoms with van der Waals surface area (Å²) in [5.74, 6) is -0.193. The maximum Gasteiger partial charge on any atom is 0.223 e. The molecular weight excluding hydrogens is 222 g/mol. The van der Waals surface area contributed by atoms with Crippen molar-refractivity contribution in [1.29, 1.82) is 0 Å². The Bertz CT molecular complexity index is 405. The molecule has 1 aromatic rings. The molecule has 1 rings (SSSR count). The fraction of sp³-hybridized carbons (Fsp3) is 0.417. The second-order valence-corrected chi connectivity index (χ2v) is 3.74. The van der Waals surface area contributed by atoms with Gasteiger partial charge in [-0.3, -0.25) is 4.79 Å². The second-order valence-electron chi connectivity index (χ2n) is 3.74. The van der Waals surface area contributed by atoms with Crippen molar-refractivity contribution >= 4 is 5.91 Å². The number of methoxy groups -OCH3 is 2. The van der Waals surface area contributed by atoms with E-state index in [1.807, 2.05) is 0 Å². The molecule has 0 heterocycles. The highest BCUT2D eigenvalue weighted by Gasteiger charge is 2.24. The van der Waals surface area contributed by atoms with Gasteiger partial charge in [0.2, 0.25) is 5.91 Å². The number of benzene rings is 1. The molecule has 5 heteroatoms. The minimum absolute atomic E-state index is 0.484. The van der Waals surface area contributed by atoms with Crippen LogP contribution in [-0.4, -0.2) is 25.2 Å². The average Bonchev–Trinajstić information content (AvgIpc) is 2.35. The first kappa shape index (κ1) is 13.3. The lowest BCUT2D eigenvalue weighted by Crippen LogP contribution is -2.26. The van der Waals surface area contributed by atoms with Crippen molar-refractivity contribution in [3.63, 3.8) is 0 Å². The van der Waals surface area contributed by atoms with Crippen molar-refractivity contribution in [3.05, 3.63) is 23.8 Å². The molecule has 0 radical (unpaired) electrons. The standard InChI is InChI=1S/C12H17NO4/c1-7(12(13)15)11(14)9-6-8(16-2)4-5-10(9)17-3/h4-7,11,14H,1-3H3,(H2,13,15). The number of hydrogen-bond acceptors (Lipinski definition) is 4. The van der Waals surface area contributed by atoms with Crippen molar-refractivity contribution in [2.75, 3.05) is 14.2 Å². The summed E-state index contributed by atoms with van der Waals surface area (Å²) in [4.78, 5) is 11.1. The van der Waals surface area contributed by atoms with Crippen LogP contribution in [0.25, 0.3) is 0 Å². The highest BCUT2D eigenvalue weighted by Crippen LogP contribution is 2.32. The largest absolute Gasteiger partial charge is 0.497 e. The average molecular weight is 239 g/mol. The summed E-state index contributed by atoms with van der Waals surface area (Å²) >= 11 is 0. The summed E-state index contributed by atoms with van der Waals surface area (Å²) in [5.41, 5.74) is 5.65. The van der Waals surface area contributed by atoms with Crippen LogP contribution in [-0.2, 0) is 4.79 Å². The van der Waals surface area contributed by atoms with Crippen LogP contribution < -0.4 is 15.2 Å². The molecule has 0 aliphatic rings. The monoisotopic (exact) mass is 239 g/mol. The zero-order valence-electron chi connectivity index (χ0n) is 10.1. The molecule has 5 nitrogen and oxygen atoms in total. The van der Waals surface area contributed by atoms with Crippen LogP contribution >= 0.6 is 0 Å². The number of primary amides is 1. The Balaban J connectivity index is 3.13. The van der Waals surface area contributed by atoms with Gasteiger partial charge in [0.05, 0.1) is 26.2 Å². The van der Waals surface area contributed by atoms with Gasteiger partial charge in [0.1, 0.15) is 11.5 Å². The van der Waals surface area contributed by atoms with E-state index in [-0.39, 0.29) is 0 Å². The first-order chi connectivity index (χ1) is 8.01. The van der Waals surface area contributed by atoms with E-state index in [4.69, 9.17) is 15.2 Å². The first-order valence-corrected chi connectivity index (χ1v) is 5.20. The summed E-state index contributed by atoms with van der Waals surface area (Å²) in [6.07, 6.45) is -1.02. The smallest absolute Gasteiger partial charge is 0.223 e. The van der Waals surface area contributed by atoms with E-state index in [1.54, 1.807) is 25.1 Å². The Kier molecular flexibility index (Phi) is 4.34. The van der Waals surface area contributed by atoms with Crippen LogP contribution in [0.15, 0.2) is 18.2 Å². The van der Waals surface area contributed by atoms with Crippen molar-refractivity contribution in [2.45, 2.75) is 13.0 Å². The lowest BCUT2D eigenvalue weighted by Gasteiger charge is -2.19. The van der Waals surface area contributed by atoms with E-state index in [0.29, 0.717) is 17.1 Å². The molecule has 3 N–H and O–H groups in total. The lowest BCUT2D eigenvalue weighted by molar-refractivity contribution is -0.124. The zero-order valence-corrected chi connectivity index (χ0v) is 10.1. The summed E-state index contributed by atoms with van der Waals surface area (Å²) in [5, 5.41) is 10.1. The summed E-state index contributed by atoms with van der Waals surface area (Å²) in [6.45, 7) is 1.56. The molecule has 0 saturated heterocycles. The predicted octanol–water partition coefficient (Wildman–Crippen LogP) is 0.859. The lowest BCUT2D eigenvalue weighted by atomic mass is 9.96. The van der Waals surface area contributed by atoms with Gasteiger partial charge in [-0.15, -0.1) is 0 Å². The van der Waals surface area contributed by atoms with E-state index >= 15 is 0 Å². The molecular formula is C12H17NO4. The van der Waals surface area contributed by atoms with Gasteiger partial charge in [-0.1, -0.05) is 6.92 Å².